The van der Waals surface area contributed by atoms with Crippen molar-refractivity contribution in [3.8, 4) is 0 Å². The summed E-state index contributed by atoms with van der Waals surface area (Å²) in [6, 6.07) is 8.60. The number of aryl methyl sites for hydroxylation is 1. The summed E-state index contributed by atoms with van der Waals surface area (Å²) in [5.41, 5.74) is 2.53. The molecular weight excluding hydrogens is 260 g/mol. The SMILES string of the molecule is CCCCN1C(=O)C(C(C)C)NC1c1ccc(CC)cc1. The molecule has 1 aliphatic heterocycles. The molecule has 2 atom stereocenters. The first-order valence-corrected chi connectivity index (χ1v) is 8.23. The van der Waals surface area contributed by atoms with E-state index in [0.29, 0.717) is 5.92 Å². The van der Waals surface area contributed by atoms with Crippen LogP contribution in [0, 0.1) is 5.92 Å². The maximum atomic E-state index is 12.6. The van der Waals surface area contributed by atoms with Crippen molar-refractivity contribution in [1.29, 1.82) is 0 Å². The molecule has 3 nitrogen and oxygen atoms in total. The molecule has 0 spiro atoms. The summed E-state index contributed by atoms with van der Waals surface area (Å²) in [6.07, 6.45) is 3.24. The van der Waals surface area contributed by atoms with Gasteiger partial charge in [-0.3, -0.25) is 10.1 Å². The second-order valence-electron chi connectivity index (χ2n) is 6.27. The van der Waals surface area contributed by atoms with Crippen molar-refractivity contribution < 1.29 is 4.79 Å². The first kappa shape index (κ1) is 16.0. The minimum Gasteiger partial charge on any atom is -0.322 e. The van der Waals surface area contributed by atoms with Crippen LogP contribution in [0.4, 0.5) is 0 Å². The average Bonchev–Trinajstić information content (AvgIpc) is 2.82. The lowest BCUT2D eigenvalue weighted by Crippen LogP contribution is -2.34. The average molecular weight is 288 g/mol. The quantitative estimate of drug-likeness (QED) is 0.869. The van der Waals surface area contributed by atoms with E-state index in [0.717, 1.165) is 25.8 Å². The van der Waals surface area contributed by atoms with Crippen LogP contribution < -0.4 is 5.32 Å². The highest BCUT2D eigenvalue weighted by Gasteiger charge is 2.40. The Kier molecular flexibility index (Phi) is 5.40. The van der Waals surface area contributed by atoms with E-state index in [1.165, 1.54) is 11.1 Å². The standard InChI is InChI=1S/C18H28N2O/c1-5-7-12-20-17(19-16(13(3)4)18(20)21)15-10-8-14(6-2)9-11-15/h8-11,13,16-17,19H,5-7,12H2,1-4H3. The van der Waals surface area contributed by atoms with Crippen molar-refractivity contribution in [2.45, 2.75) is 59.2 Å². The fraction of sp³-hybridized carbons (Fsp3) is 0.611. The van der Waals surface area contributed by atoms with Crippen molar-refractivity contribution in [3.63, 3.8) is 0 Å². The number of nitrogens with one attached hydrogen (secondary N) is 1. The molecule has 1 aromatic carbocycles. The summed E-state index contributed by atoms with van der Waals surface area (Å²) < 4.78 is 0. The summed E-state index contributed by atoms with van der Waals surface area (Å²) in [7, 11) is 0. The Morgan fingerprint density at radius 2 is 1.86 bits per heavy atom. The van der Waals surface area contributed by atoms with E-state index in [2.05, 4.69) is 57.3 Å². The number of hydrogen-bond acceptors (Lipinski definition) is 2. The van der Waals surface area contributed by atoms with Crippen molar-refractivity contribution >= 4 is 5.91 Å². The Bertz CT molecular complexity index is 467. The number of rotatable bonds is 6. The number of unbranched alkanes of at least 4 members (excludes halogenated alkanes) is 1. The van der Waals surface area contributed by atoms with Crippen LogP contribution in [-0.2, 0) is 11.2 Å². The Morgan fingerprint density at radius 1 is 1.19 bits per heavy atom. The molecule has 1 aromatic rings. The van der Waals surface area contributed by atoms with E-state index in [9.17, 15) is 4.79 Å². The van der Waals surface area contributed by atoms with Gasteiger partial charge in [-0.25, -0.2) is 0 Å². The molecule has 2 unspecified atom stereocenters. The fourth-order valence-corrected chi connectivity index (χ4v) is 2.89. The van der Waals surface area contributed by atoms with E-state index < -0.39 is 0 Å². The number of nitrogens with zero attached hydrogens (tertiary/aromatic N) is 1. The first-order valence-electron chi connectivity index (χ1n) is 8.23. The highest BCUT2D eigenvalue weighted by atomic mass is 16.2. The van der Waals surface area contributed by atoms with Crippen molar-refractivity contribution in [2.24, 2.45) is 5.92 Å². The summed E-state index contributed by atoms with van der Waals surface area (Å²) in [6.45, 7) is 9.38. The van der Waals surface area contributed by atoms with Gasteiger partial charge in [0.2, 0.25) is 5.91 Å². The normalized spacial score (nSPS) is 22.3. The molecule has 21 heavy (non-hydrogen) atoms. The monoisotopic (exact) mass is 288 g/mol. The van der Waals surface area contributed by atoms with Gasteiger partial charge in [-0.15, -0.1) is 0 Å². The topological polar surface area (TPSA) is 32.3 Å². The zero-order valence-corrected chi connectivity index (χ0v) is 13.7. The highest BCUT2D eigenvalue weighted by molar-refractivity contribution is 5.84. The summed E-state index contributed by atoms with van der Waals surface area (Å²) in [4.78, 5) is 14.6. The van der Waals surface area contributed by atoms with Crippen molar-refractivity contribution in [1.82, 2.24) is 10.2 Å². The van der Waals surface area contributed by atoms with Gasteiger partial charge in [0, 0.05) is 6.54 Å². The van der Waals surface area contributed by atoms with E-state index >= 15 is 0 Å². The van der Waals surface area contributed by atoms with Crippen LogP contribution in [0.2, 0.25) is 0 Å². The zero-order valence-electron chi connectivity index (χ0n) is 13.7. The van der Waals surface area contributed by atoms with Crippen LogP contribution in [-0.4, -0.2) is 23.4 Å². The lowest BCUT2D eigenvalue weighted by Gasteiger charge is -2.24. The van der Waals surface area contributed by atoms with Crippen LogP contribution in [0.3, 0.4) is 0 Å². The molecule has 1 amide bonds. The Labute approximate surface area is 128 Å². The molecule has 0 aliphatic carbocycles. The molecule has 1 fully saturated rings. The van der Waals surface area contributed by atoms with E-state index in [1.807, 2.05) is 4.90 Å². The number of carbonyl (C=O) groups is 1. The summed E-state index contributed by atoms with van der Waals surface area (Å²) in [5, 5.41) is 3.53. The molecule has 1 heterocycles. The van der Waals surface area contributed by atoms with Crippen LogP contribution in [0.15, 0.2) is 24.3 Å². The molecule has 3 heteroatoms. The molecular formula is C18H28N2O. The Balaban J connectivity index is 2.22. The Hall–Kier alpha value is -1.35. The van der Waals surface area contributed by atoms with Gasteiger partial charge in [-0.2, -0.15) is 0 Å². The van der Waals surface area contributed by atoms with Gasteiger partial charge in [0.15, 0.2) is 0 Å². The fourth-order valence-electron chi connectivity index (χ4n) is 2.89. The second-order valence-corrected chi connectivity index (χ2v) is 6.27. The maximum absolute atomic E-state index is 12.6. The molecule has 116 valence electrons. The van der Waals surface area contributed by atoms with Crippen LogP contribution in [0.25, 0.3) is 0 Å². The van der Waals surface area contributed by atoms with Gasteiger partial charge < -0.3 is 4.90 Å². The van der Waals surface area contributed by atoms with Gasteiger partial charge in [0.25, 0.3) is 0 Å². The minimum atomic E-state index is -0.0577. The predicted molar refractivity (Wildman–Crippen MR) is 86.9 cm³/mol. The van der Waals surface area contributed by atoms with Crippen LogP contribution >= 0.6 is 0 Å². The second kappa shape index (κ2) is 7.08. The smallest absolute Gasteiger partial charge is 0.241 e. The van der Waals surface area contributed by atoms with Gasteiger partial charge in [-0.05, 0) is 29.9 Å². The maximum Gasteiger partial charge on any atom is 0.241 e. The molecule has 0 aromatic heterocycles. The largest absolute Gasteiger partial charge is 0.322 e. The number of hydrogen-bond donors (Lipinski definition) is 1. The van der Waals surface area contributed by atoms with Gasteiger partial charge in [0.1, 0.15) is 6.17 Å². The van der Waals surface area contributed by atoms with E-state index in [-0.39, 0.29) is 18.1 Å². The van der Waals surface area contributed by atoms with Crippen molar-refractivity contribution in [2.75, 3.05) is 6.54 Å². The van der Waals surface area contributed by atoms with Crippen LogP contribution in [0.1, 0.15) is 57.8 Å². The third-order valence-electron chi connectivity index (χ3n) is 4.32. The first-order chi connectivity index (χ1) is 10.1. The molecule has 0 bridgehead atoms. The van der Waals surface area contributed by atoms with E-state index in [4.69, 9.17) is 0 Å². The molecule has 2 rings (SSSR count). The molecule has 0 saturated carbocycles. The molecule has 1 N–H and O–H groups in total. The molecule has 1 saturated heterocycles. The highest BCUT2D eigenvalue weighted by Crippen LogP contribution is 2.28. The Morgan fingerprint density at radius 3 is 2.38 bits per heavy atom. The van der Waals surface area contributed by atoms with E-state index in [1.54, 1.807) is 0 Å². The van der Waals surface area contributed by atoms with Gasteiger partial charge in [-0.1, -0.05) is 58.4 Å². The van der Waals surface area contributed by atoms with Crippen molar-refractivity contribution in [3.05, 3.63) is 35.4 Å². The van der Waals surface area contributed by atoms with Crippen LogP contribution in [0.5, 0.6) is 0 Å². The third-order valence-corrected chi connectivity index (χ3v) is 4.32. The number of carbonyl (C=O) groups excluding carboxylic acids is 1. The van der Waals surface area contributed by atoms with Gasteiger partial charge >= 0.3 is 0 Å². The zero-order chi connectivity index (χ0) is 15.4. The number of benzene rings is 1. The summed E-state index contributed by atoms with van der Waals surface area (Å²) in [5.74, 6) is 0.574. The number of amides is 1. The minimum absolute atomic E-state index is 0.0300. The predicted octanol–water partition coefficient (Wildman–Crippen LogP) is 3.50. The lowest BCUT2D eigenvalue weighted by molar-refractivity contribution is -0.130. The molecule has 1 aliphatic rings. The lowest BCUT2D eigenvalue weighted by atomic mass is 10.0. The van der Waals surface area contributed by atoms with Gasteiger partial charge in [0.05, 0.1) is 6.04 Å². The third kappa shape index (κ3) is 3.46. The molecule has 0 radical (unpaired) electrons. The summed E-state index contributed by atoms with van der Waals surface area (Å²) >= 11 is 0.